The van der Waals surface area contributed by atoms with Crippen molar-refractivity contribution in [2.75, 3.05) is 4.90 Å². The number of nitrogens with zero attached hydrogens (tertiary/aromatic N) is 7. The van der Waals surface area contributed by atoms with Crippen molar-refractivity contribution < 1.29 is 4.79 Å². The molecule has 0 fully saturated rings. The molecule has 9 nitrogen and oxygen atoms in total. The Bertz CT molecular complexity index is 1040. The Kier molecular flexibility index (Phi) is 4.96. The first-order valence-corrected chi connectivity index (χ1v) is 9.74. The number of anilines is 1. The fraction of sp³-hybridized carbons (Fsp3) is 0.400. The summed E-state index contributed by atoms with van der Waals surface area (Å²) >= 11 is 0. The molecule has 29 heavy (non-hydrogen) atoms. The Morgan fingerprint density at radius 1 is 1.31 bits per heavy atom. The molecule has 3 aromatic heterocycles. The number of aromatic nitrogens is 6. The van der Waals surface area contributed by atoms with Gasteiger partial charge in [-0.2, -0.15) is 0 Å². The normalized spacial score (nSPS) is 15.2. The van der Waals surface area contributed by atoms with Gasteiger partial charge in [-0.25, -0.2) is 9.97 Å². The van der Waals surface area contributed by atoms with Crippen LogP contribution in [0.3, 0.4) is 0 Å². The summed E-state index contributed by atoms with van der Waals surface area (Å²) < 4.78 is 1.97. The first-order valence-electron chi connectivity index (χ1n) is 9.74. The van der Waals surface area contributed by atoms with E-state index < -0.39 is 0 Å². The molecular weight excluding hydrogens is 368 g/mol. The highest BCUT2D eigenvalue weighted by molar-refractivity contribution is 5.73. The van der Waals surface area contributed by atoms with Gasteiger partial charge in [0.25, 0.3) is 0 Å². The minimum atomic E-state index is -0.0944. The van der Waals surface area contributed by atoms with Gasteiger partial charge in [0.1, 0.15) is 12.0 Å². The number of fused-ring (bicyclic) bond motifs is 3. The van der Waals surface area contributed by atoms with Crippen molar-refractivity contribution in [1.82, 2.24) is 35.0 Å². The van der Waals surface area contributed by atoms with Crippen molar-refractivity contribution in [1.29, 1.82) is 0 Å². The zero-order valence-corrected chi connectivity index (χ0v) is 17.0. The summed E-state index contributed by atoms with van der Waals surface area (Å²) in [6.45, 7) is 8.30. The number of rotatable bonds is 5. The standard InChI is InChI=1S/C20H24N8O/c1-5-16-20-26-24-11-27(20)17-10-23-18(25-19(17)28(16)12(2)3)15-6-7-21-8-14(15)9-22-13(4)29/h6-8,10-12,16H,5,9H2,1-4H3,(H,22,29). The molecule has 0 bridgehead atoms. The van der Waals surface area contributed by atoms with Crippen LogP contribution in [0.4, 0.5) is 5.82 Å². The average Bonchev–Trinajstić information content (AvgIpc) is 3.20. The van der Waals surface area contributed by atoms with Gasteiger partial charge in [-0.1, -0.05) is 6.92 Å². The topological polar surface area (TPSA) is 102 Å². The lowest BCUT2D eigenvalue weighted by atomic mass is 10.1. The first kappa shape index (κ1) is 19.0. The van der Waals surface area contributed by atoms with E-state index in [4.69, 9.17) is 4.98 Å². The zero-order valence-electron chi connectivity index (χ0n) is 17.0. The van der Waals surface area contributed by atoms with Gasteiger partial charge in [0.15, 0.2) is 17.5 Å². The van der Waals surface area contributed by atoms with E-state index in [1.54, 1.807) is 18.7 Å². The monoisotopic (exact) mass is 392 g/mol. The summed E-state index contributed by atoms with van der Waals surface area (Å²) in [6.07, 6.45) is 7.86. The maximum absolute atomic E-state index is 11.4. The molecule has 4 rings (SSSR count). The zero-order chi connectivity index (χ0) is 20.5. The molecule has 0 spiro atoms. The lowest BCUT2D eigenvalue weighted by molar-refractivity contribution is -0.119. The Morgan fingerprint density at radius 2 is 2.14 bits per heavy atom. The average molecular weight is 392 g/mol. The molecule has 0 aromatic carbocycles. The molecule has 1 N–H and O–H groups in total. The number of pyridine rings is 1. The second-order valence-electron chi connectivity index (χ2n) is 7.33. The highest BCUT2D eigenvalue weighted by Gasteiger charge is 2.35. The first-order chi connectivity index (χ1) is 14.0. The summed E-state index contributed by atoms with van der Waals surface area (Å²) in [5, 5.41) is 11.3. The van der Waals surface area contributed by atoms with Crippen LogP contribution in [0.5, 0.6) is 0 Å². The van der Waals surface area contributed by atoms with E-state index >= 15 is 0 Å². The van der Waals surface area contributed by atoms with Gasteiger partial charge in [0, 0.05) is 43.0 Å². The van der Waals surface area contributed by atoms with E-state index in [2.05, 4.69) is 51.2 Å². The number of carbonyl (C=O) groups excluding carboxylic acids is 1. The van der Waals surface area contributed by atoms with Crippen molar-refractivity contribution in [3.63, 3.8) is 0 Å². The van der Waals surface area contributed by atoms with Crippen molar-refractivity contribution in [3.8, 4) is 17.1 Å². The van der Waals surface area contributed by atoms with E-state index in [0.717, 1.165) is 34.9 Å². The van der Waals surface area contributed by atoms with Crippen molar-refractivity contribution in [2.24, 2.45) is 0 Å². The van der Waals surface area contributed by atoms with Gasteiger partial charge in [0.05, 0.1) is 12.2 Å². The van der Waals surface area contributed by atoms with Gasteiger partial charge >= 0.3 is 0 Å². The minimum Gasteiger partial charge on any atom is -0.352 e. The largest absolute Gasteiger partial charge is 0.352 e. The summed E-state index contributed by atoms with van der Waals surface area (Å²) in [7, 11) is 0. The van der Waals surface area contributed by atoms with Gasteiger partial charge in [-0.15, -0.1) is 10.2 Å². The Morgan fingerprint density at radius 3 is 2.86 bits per heavy atom. The number of amides is 1. The number of hydrogen-bond donors (Lipinski definition) is 1. The Hall–Kier alpha value is -3.36. The molecule has 0 saturated carbocycles. The van der Waals surface area contributed by atoms with Crippen LogP contribution in [-0.4, -0.2) is 41.7 Å². The minimum absolute atomic E-state index is 0.0871. The summed E-state index contributed by atoms with van der Waals surface area (Å²) in [5.41, 5.74) is 2.58. The molecule has 4 heterocycles. The Balaban J connectivity index is 1.84. The van der Waals surface area contributed by atoms with Gasteiger partial charge in [-0.05, 0) is 26.3 Å². The molecule has 1 unspecified atom stereocenters. The lowest BCUT2D eigenvalue weighted by Gasteiger charge is -2.39. The van der Waals surface area contributed by atoms with Crippen LogP contribution in [-0.2, 0) is 11.3 Å². The molecule has 0 aliphatic carbocycles. The third-order valence-corrected chi connectivity index (χ3v) is 5.08. The molecule has 9 heteroatoms. The smallest absolute Gasteiger partial charge is 0.217 e. The highest BCUT2D eigenvalue weighted by Crippen LogP contribution is 2.39. The molecule has 1 aliphatic rings. The predicted octanol–water partition coefficient (Wildman–Crippen LogP) is 2.43. The number of carbonyl (C=O) groups is 1. The van der Waals surface area contributed by atoms with E-state index in [0.29, 0.717) is 12.4 Å². The molecule has 3 aromatic rings. The van der Waals surface area contributed by atoms with Gasteiger partial charge in [-0.3, -0.25) is 14.3 Å². The number of hydrogen-bond acceptors (Lipinski definition) is 7. The van der Waals surface area contributed by atoms with Crippen LogP contribution < -0.4 is 10.2 Å². The van der Waals surface area contributed by atoms with Crippen LogP contribution in [0.1, 0.15) is 51.5 Å². The van der Waals surface area contributed by atoms with Crippen molar-refractivity contribution in [3.05, 3.63) is 42.4 Å². The SMILES string of the molecule is CCC1c2nncn2-c2cnc(-c3ccncc3CNC(C)=O)nc2N1C(C)C. The summed E-state index contributed by atoms with van der Waals surface area (Å²) in [5.74, 6) is 2.26. The summed E-state index contributed by atoms with van der Waals surface area (Å²) in [6, 6.07) is 2.19. The molecule has 0 saturated heterocycles. The van der Waals surface area contributed by atoms with E-state index in [9.17, 15) is 4.79 Å². The fourth-order valence-corrected chi connectivity index (χ4v) is 3.77. The van der Waals surface area contributed by atoms with Gasteiger partial charge < -0.3 is 10.2 Å². The van der Waals surface area contributed by atoms with Gasteiger partial charge in [0.2, 0.25) is 5.91 Å². The molecular formula is C20H24N8O. The molecule has 1 aliphatic heterocycles. The van der Waals surface area contributed by atoms with E-state index in [-0.39, 0.29) is 18.0 Å². The molecule has 1 amide bonds. The van der Waals surface area contributed by atoms with Crippen LogP contribution >= 0.6 is 0 Å². The van der Waals surface area contributed by atoms with Crippen LogP contribution in [0.25, 0.3) is 17.1 Å². The highest BCUT2D eigenvalue weighted by atomic mass is 16.1. The van der Waals surface area contributed by atoms with Crippen LogP contribution in [0.2, 0.25) is 0 Å². The second kappa shape index (κ2) is 7.57. The maximum Gasteiger partial charge on any atom is 0.217 e. The molecule has 1 atom stereocenters. The summed E-state index contributed by atoms with van der Waals surface area (Å²) in [4.78, 5) is 27.4. The van der Waals surface area contributed by atoms with E-state index in [1.807, 2.05) is 16.8 Å². The van der Waals surface area contributed by atoms with Crippen molar-refractivity contribution in [2.45, 2.75) is 52.7 Å². The second-order valence-corrected chi connectivity index (χ2v) is 7.33. The predicted molar refractivity (Wildman–Crippen MR) is 108 cm³/mol. The fourth-order valence-electron chi connectivity index (χ4n) is 3.77. The van der Waals surface area contributed by atoms with Crippen molar-refractivity contribution >= 4 is 11.7 Å². The third kappa shape index (κ3) is 3.32. The quantitative estimate of drug-likeness (QED) is 0.711. The lowest BCUT2D eigenvalue weighted by Crippen LogP contribution is -2.40. The van der Waals surface area contributed by atoms with Crippen LogP contribution in [0, 0.1) is 0 Å². The molecule has 0 radical (unpaired) electrons. The Labute approximate surface area is 169 Å². The maximum atomic E-state index is 11.4. The number of nitrogens with one attached hydrogen (secondary N) is 1. The molecule has 150 valence electrons. The van der Waals surface area contributed by atoms with Crippen LogP contribution in [0.15, 0.2) is 31.0 Å². The third-order valence-electron chi connectivity index (χ3n) is 5.08. The van der Waals surface area contributed by atoms with E-state index in [1.165, 1.54) is 6.92 Å².